The molecule has 1 aromatic heterocycles. The molecule has 22 heavy (non-hydrogen) atoms. The topological polar surface area (TPSA) is 101 Å². The maximum absolute atomic E-state index is 9.94. The fourth-order valence-corrected chi connectivity index (χ4v) is 2.74. The highest BCUT2D eigenvalue weighted by molar-refractivity contribution is 4.96. The molecule has 126 valence electrons. The van der Waals surface area contributed by atoms with Crippen LogP contribution in [-0.4, -0.2) is 55.2 Å². The number of hydrogen-bond donors (Lipinski definition) is 3. The molecule has 0 saturated carbocycles. The third kappa shape index (κ3) is 4.25. The number of hydrogen-bond acceptors (Lipinski definition) is 6. The van der Waals surface area contributed by atoms with Gasteiger partial charge in [0, 0.05) is 0 Å². The van der Waals surface area contributed by atoms with Gasteiger partial charge in [-0.25, -0.2) is 4.68 Å². The highest BCUT2D eigenvalue weighted by Gasteiger charge is 2.43. The van der Waals surface area contributed by atoms with Crippen molar-refractivity contribution in [1.82, 2.24) is 15.0 Å². The highest BCUT2D eigenvalue weighted by Crippen LogP contribution is 2.28. The van der Waals surface area contributed by atoms with Crippen LogP contribution < -0.4 is 0 Å². The van der Waals surface area contributed by atoms with Crippen molar-refractivity contribution in [2.24, 2.45) is 0 Å². The second-order valence-corrected chi connectivity index (χ2v) is 5.94. The Balaban J connectivity index is 1.79. The monoisotopic (exact) mass is 313 g/mol. The van der Waals surface area contributed by atoms with Gasteiger partial charge in [0.2, 0.25) is 0 Å². The molecule has 7 nitrogen and oxygen atoms in total. The largest absolute Gasteiger partial charge is 0.394 e. The molecule has 0 radical (unpaired) electrons. The van der Waals surface area contributed by atoms with Gasteiger partial charge in [0.25, 0.3) is 0 Å². The second kappa shape index (κ2) is 8.57. The molecule has 1 aromatic rings. The number of aliphatic hydroxyl groups is 3. The van der Waals surface area contributed by atoms with E-state index >= 15 is 0 Å². The van der Waals surface area contributed by atoms with E-state index in [1.165, 1.54) is 36.8 Å². The van der Waals surface area contributed by atoms with Gasteiger partial charge in [0.15, 0.2) is 6.23 Å². The molecule has 3 N–H and O–H groups in total. The molecule has 1 saturated heterocycles. The Hall–Kier alpha value is -1.02. The van der Waals surface area contributed by atoms with Gasteiger partial charge in [-0.2, -0.15) is 0 Å². The number of unbranched alkanes of at least 4 members (excludes halogenated alkanes) is 5. The maximum Gasteiger partial charge on any atom is 0.180 e. The van der Waals surface area contributed by atoms with E-state index in [-0.39, 0.29) is 6.61 Å². The van der Waals surface area contributed by atoms with E-state index < -0.39 is 24.5 Å². The molecule has 0 amide bonds. The van der Waals surface area contributed by atoms with Crippen LogP contribution in [-0.2, 0) is 11.2 Å². The van der Waals surface area contributed by atoms with Gasteiger partial charge >= 0.3 is 0 Å². The third-order valence-electron chi connectivity index (χ3n) is 4.12. The SMILES string of the molecule is CCCCCCCCc1cn([C@@H]2O[C@H](CO)[C@@H](O)[C@@H]2O)nn1. The molecular formula is C15H27N3O4. The lowest BCUT2D eigenvalue weighted by molar-refractivity contribution is -0.0594. The zero-order chi connectivity index (χ0) is 15.9. The summed E-state index contributed by atoms with van der Waals surface area (Å²) >= 11 is 0. The highest BCUT2D eigenvalue weighted by atomic mass is 16.6. The molecule has 0 aromatic carbocycles. The van der Waals surface area contributed by atoms with Crippen molar-refractivity contribution in [2.75, 3.05) is 6.61 Å². The van der Waals surface area contributed by atoms with Gasteiger partial charge in [-0.05, 0) is 12.8 Å². The normalized spacial score (nSPS) is 28.4. The first-order chi connectivity index (χ1) is 10.7. The number of rotatable bonds is 9. The lowest BCUT2D eigenvalue weighted by Crippen LogP contribution is -2.33. The molecule has 1 fully saturated rings. The Bertz CT molecular complexity index is 440. The zero-order valence-electron chi connectivity index (χ0n) is 13.1. The smallest absolute Gasteiger partial charge is 0.180 e. The molecule has 1 aliphatic heterocycles. The molecule has 1 aliphatic rings. The van der Waals surface area contributed by atoms with Crippen LogP contribution in [0.15, 0.2) is 6.20 Å². The van der Waals surface area contributed by atoms with Crippen molar-refractivity contribution in [2.45, 2.75) is 76.4 Å². The summed E-state index contributed by atoms with van der Waals surface area (Å²) in [6.07, 6.45) is 6.11. The Labute approximate surface area is 130 Å². The molecule has 2 rings (SSSR count). The fourth-order valence-electron chi connectivity index (χ4n) is 2.74. The van der Waals surface area contributed by atoms with Crippen LogP contribution >= 0.6 is 0 Å². The Morgan fingerprint density at radius 3 is 2.55 bits per heavy atom. The van der Waals surface area contributed by atoms with Gasteiger partial charge in [-0.15, -0.1) is 5.10 Å². The Morgan fingerprint density at radius 2 is 1.86 bits per heavy atom. The number of aryl methyl sites for hydroxylation is 1. The van der Waals surface area contributed by atoms with Crippen LogP contribution in [0.25, 0.3) is 0 Å². The summed E-state index contributed by atoms with van der Waals surface area (Å²) in [5.74, 6) is 0. The summed E-state index contributed by atoms with van der Waals surface area (Å²) in [4.78, 5) is 0. The predicted molar refractivity (Wildman–Crippen MR) is 80.1 cm³/mol. The summed E-state index contributed by atoms with van der Waals surface area (Å²) in [7, 11) is 0. The second-order valence-electron chi connectivity index (χ2n) is 5.94. The van der Waals surface area contributed by atoms with Crippen LogP contribution in [0.5, 0.6) is 0 Å². The quantitative estimate of drug-likeness (QED) is 0.583. The lowest BCUT2D eigenvalue weighted by atomic mass is 10.1. The average Bonchev–Trinajstić information content (AvgIpc) is 3.09. The van der Waals surface area contributed by atoms with Crippen molar-refractivity contribution in [1.29, 1.82) is 0 Å². The maximum atomic E-state index is 9.94. The minimum Gasteiger partial charge on any atom is -0.394 e. The van der Waals surface area contributed by atoms with E-state index in [1.807, 2.05) is 0 Å². The van der Waals surface area contributed by atoms with Gasteiger partial charge in [0.1, 0.15) is 18.3 Å². The Morgan fingerprint density at radius 1 is 1.14 bits per heavy atom. The molecule has 0 aliphatic carbocycles. The van der Waals surface area contributed by atoms with Crippen LogP contribution in [0, 0.1) is 0 Å². The predicted octanol–water partition coefficient (Wildman–Crippen LogP) is 0.793. The van der Waals surface area contributed by atoms with Crippen molar-refractivity contribution in [3.63, 3.8) is 0 Å². The fraction of sp³-hybridized carbons (Fsp3) is 0.867. The minimum absolute atomic E-state index is 0.339. The molecular weight excluding hydrogens is 286 g/mol. The number of ether oxygens (including phenoxy) is 1. The van der Waals surface area contributed by atoms with Crippen LogP contribution in [0.4, 0.5) is 0 Å². The summed E-state index contributed by atoms with van der Waals surface area (Å²) in [5.41, 5.74) is 0.855. The summed E-state index contributed by atoms with van der Waals surface area (Å²) in [5, 5.41) is 36.8. The van der Waals surface area contributed by atoms with Gasteiger partial charge in [0.05, 0.1) is 18.5 Å². The van der Waals surface area contributed by atoms with Crippen molar-refractivity contribution in [3.8, 4) is 0 Å². The lowest BCUT2D eigenvalue weighted by Gasteiger charge is -2.13. The van der Waals surface area contributed by atoms with Crippen molar-refractivity contribution >= 4 is 0 Å². The minimum atomic E-state index is -1.11. The number of aliphatic hydroxyl groups excluding tert-OH is 3. The van der Waals surface area contributed by atoms with E-state index in [9.17, 15) is 10.2 Å². The van der Waals surface area contributed by atoms with Gasteiger partial charge in [-0.1, -0.05) is 44.2 Å². The first-order valence-electron chi connectivity index (χ1n) is 8.20. The van der Waals surface area contributed by atoms with E-state index in [1.54, 1.807) is 6.20 Å². The standard InChI is InChI=1S/C15H27N3O4/c1-2-3-4-5-6-7-8-11-9-18(17-16-11)15-14(21)13(20)12(10-19)22-15/h9,12-15,19-21H,2-8,10H2,1H3/t12-,13-,14+,15-/m1/s1. The first kappa shape index (κ1) is 17.3. The van der Waals surface area contributed by atoms with Crippen LogP contribution in [0.1, 0.15) is 57.4 Å². The molecule has 0 bridgehead atoms. The summed E-state index contributed by atoms with van der Waals surface area (Å²) in [6.45, 7) is 1.87. The third-order valence-corrected chi connectivity index (χ3v) is 4.12. The molecule has 4 atom stereocenters. The zero-order valence-corrected chi connectivity index (χ0v) is 13.1. The Kier molecular flexibility index (Phi) is 6.75. The van der Waals surface area contributed by atoms with Crippen LogP contribution in [0.2, 0.25) is 0 Å². The van der Waals surface area contributed by atoms with E-state index in [0.717, 1.165) is 18.5 Å². The molecule has 0 unspecified atom stereocenters. The first-order valence-corrected chi connectivity index (χ1v) is 8.20. The van der Waals surface area contributed by atoms with E-state index in [4.69, 9.17) is 9.84 Å². The van der Waals surface area contributed by atoms with Gasteiger partial charge in [-0.3, -0.25) is 0 Å². The average molecular weight is 313 g/mol. The summed E-state index contributed by atoms with van der Waals surface area (Å²) in [6, 6.07) is 0. The molecule has 7 heteroatoms. The van der Waals surface area contributed by atoms with Gasteiger partial charge < -0.3 is 20.1 Å². The molecule has 0 spiro atoms. The van der Waals surface area contributed by atoms with E-state index in [2.05, 4.69) is 17.2 Å². The summed E-state index contributed by atoms with van der Waals surface area (Å²) < 4.78 is 6.84. The van der Waals surface area contributed by atoms with E-state index in [0.29, 0.717) is 0 Å². The van der Waals surface area contributed by atoms with Crippen molar-refractivity contribution < 1.29 is 20.1 Å². The molecule has 2 heterocycles. The number of aromatic nitrogens is 3. The van der Waals surface area contributed by atoms with Crippen LogP contribution in [0.3, 0.4) is 0 Å². The van der Waals surface area contributed by atoms with Crippen molar-refractivity contribution in [3.05, 3.63) is 11.9 Å². The number of nitrogens with zero attached hydrogens (tertiary/aromatic N) is 3.